The second kappa shape index (κ2) is 7.57. The van der Waals surface area contributed by atoms with Crippen LogP contribution in [0.5, 0.6) is 0 Å². The number of hydrogen-bond acceptors (Lipinski definition) is 5. The number of aromatic nitrogens is 1. The number of nitrogens with one attached hydrogen (secondary N) is 2. The van der Waals surface area contributed by atoms with Crippen molar-refractivity contribution in [3.05, 3.63) is 51.5 Å². The number of methoxy groups -OCH3 is 1. The number of rotatable bonds is 3. The van der Waals surface area contributed by atoms with Gasteiger partial charge >= 0.3 is 5.97 Å². The van der Waals surface area contributed by atoms with E-state index in [1.165, 1.54) is 18.4 Å². The topological polar surface area (TPSA) is 63.2 Å². The molecule has 134 valence electrons. The van der Waals surface area contributed by atoms with E-state index in [1.807, 2.05) is 44.2 Å². The minimum atomic E-state index is -0.441. The van der Waals surface area contributed by atoms with Gasteiger partial charge in [-0.3, -0.25) is 0 Å². The number of carbonyl (C=O) groups excluding carboxylic acids is 1. The third-order valence-electron chi connectivity index (χ3n) is 3.60. The highest BCUT2D eigenvalue weighted by atomic mass is 35.5. The van der Waals surface area contributed by atoms with Crippen LogP contribution in [0.2, 0.25) is 5.02 Å². The fourth-order valence-electron chi connectivity index (χ4n) is 2.55. The smallest absolute Gasteiger partial charge is 0.349 e. The Hall–Kier alpha value is -2.22. The number of carbonyl (C=O) groups is 1. The van der Waals surface area contributed by atoms with Crippen LogP contribution >= 0.6 is 35.2 Å². The zero-order chi connectivity index (χ0) is 18.8. The lowest BCUT2D eigenvalue weighted by molar-refractivity contribution is 0.0606. The number of nitrogens with zero attached hydrogens (tertiary/aromatic N) is 1. The van der Waals surface area contributed by atoms with Gasteiger partial charge in [-0.25, -0.2) is 9.78 Å². The maximum Gasteiger partial charge on any atom is 0.349 e. The van der Waals surface area contributed by atoms with Crippen LogP contribution < -0.4 is 10.6 Å². The van der Waals surface area contributed by atoms with Crippen molar-refractivity contribution in [2.75, 3.05) is 17.7 Å². The molecule has 0 radical (unpaired) electrons. The molecule has 0 spiro atoms. The Balaban J connectivity index is 1.80. The lowest BCUT2D eigenvalue weighted by atomic mass is 10.2. The van der Waals surface area contributed by atoms with Crippen molar-refractivity contribution in [1.29, 1.82) is 0 Å². The molecule has 0 aliphatic heterocycles. The highest BCUT2D eigenvalue weighted by Gasteiger charge is 2.17. The van der Waals surface area contributed by atoms with Crippen molar-refractivity contribution in [2.45, 2.75) is 13.8 Å². The number of esters is 1. The van der Waals surface area contributed by atoms with Gasteiger partial charge in [-0.1, -0.05) is 11.6 Å². The van der Waals surface area contributed by atoms with E-state index in [-0.39, 0.29) is 0 Å². The molecule has 2 heterocycles. The molecule has 26 heavy (non-hydrogen) atoms. The van der Waals surface area contributed by atoms with Crippen molar-refractivity contribution in [1.82, 2.24) is 4.98 Å². The van der Waals surface area contributed by atoms with Crippen LogP contribution in [0, 0.1) is 13.8 Å². The van der Waals surface area contributed by atoms with E-state index in [9.17, 15) is 4.79 Å². The molecule has 0 fully saturated rings. The summed E-state index contributed by atoms with van der Waals surface area (Å²) in [6.07, 6.45) is 0. The third kappa shape index (κ3) is 3.95. The molecule has 3 rings (SSSR count). The molecule has 0 amide bonds. The number of thiocarbonyl (C=S) groups is 1. The summed E-state index contributed by atoms with van der Waals surface area (Å²) in [5.41, 5.74) is 2.81. The predicted octanol–water partition coefficient (Wildman–Crippen LogP) is 5.16. The Labute approximate surface area is 165 Å². The number of ether oxygens (including phenoxy) is 1. The molecule has 0 unspecified atom stereocenters. The zero-order valence-corrected chi connectivity index (χ0v) is 16.7. The predicted molar refractivity (Wildman–Crippen MR) is 112 cm³/mol. The third-order valence-corrected chi connectivity index (χ3v) is 5.44. The molecule has 0 saturated carbocycles. The van der Waals surface area contributed by atoms with E-state index in [0.29, 0.717) is 20.8 Å². The van der Waals surface area contributed by atoms with Crippen LogP contribution in [0.4, 0.5) is 11.5 Å². The summed E-state index contributed by atoms with van der Waals surface area (Å²) in [6, 6.07) is 9.51. The van der Waals surface area contributed by atoms with Gasteiger partial charge in [-0.15, -0.1) is 11.3 Å². The first-order chi connectivity index (χ1) is 12.4. The summed E-state index contributed by atoms with van der Waals surface area (Å²) in [5.74, 6) is 0.247. The van der Waals surface area contributed by atoms with E-state index in [0.717, 1.165) is 27.0 Å². The lowest BCUT2D eigenvalue weighted by Crippen LogP contribution is -2.19. The molecule has 0 atom stereocenters. The Kier molecular flexibility index (Phi) is 5.41. The summed E-state index contributed by atoms with van der Waals surface area (Å²) in [5, 5.41) is 7.84. The quantitative estimate of drug-likeness (QED) is 0.463. The Morgan fingerprint density at radius 2 is 2.00 bits per heavy atom. The molecule has 0 bridgehead atoms. The maximum atomic E-state index is 11.8. The SMILES string of the molecule is COC(=O)c1sc2cc(NC(=S)Nc3cc(C)cc(C)n3)ccc2c1Cl. The number of pyridine rings is 1. The lowest BCUT2D eigenvalue weighted by Gasteiger charge is -2.11. The van der Waals surface area contributed by atoms with E-state index in [2.05, 4.69) is 15.6 Å². The molecular weight excluding hydrogens is 390 g/mol. The fourth-order valence-corrected chi connectivity index (χ4v) is 4.24. The second-order valence-electron chi connectivity index (χ2n) is 5.70. The van der Waals surface area contributed by atoms with Crippen LogP contribution in [-0.4, -0.2) is 23.2 Å². The minimum Gasteiger partial charge on any atom is -0.465 e. The minimum absolute atomic E-state index is 0.390. The van der Waals surface area contributed by atoms with E-state index in [4.69, 9.17) is 28.6 Å². The molecule has 0 aliphatic carbocycles. The van der Waals surface area contributed by atoms with Crippen LogP contribution in [0.25, 0.3) is 10.1 Å². The van der Waals surface area contributed by atoms with Crippen LogP contribution in [0.15, 0.2) is 30.3 Å². The van der Waals surface area contributed by atoms with Gasteiger partial charge in [0.15, 0.2) is 5.11 Å². The molecule has 0 saturated heterocycles. The molecule has 0 aliphatic rings. The Bertz CT molecular complexity index is 997. The van der Waals surface area contributed by atoms with Gasteiger partial charge in [0.1, 0.15) is 10.7 Å². The molecular formula is C18H16ClN3O2S2. The maximum absolute atomic E-state index is 11.8. The highest BCUT2D eigenvalue weighted by Crippen LogP contribution is 2.37. The highest BCUT2D eigenvalue weighted by molar-refractivity contribution is 7.80. The van der Waals surface area contributed by atoms with Crippen LogP contribution in [-0.2, 0) is 4.74 Å². The van der Waals surface area contributed by atoms with Gasteiger partial charge in [0.2, 0.25) is 0 Å². The van der Waals surface area contributed by atoms with Crippen molar-refractivity contribution in [3.8, 4) is 0 Å². The fraction of sp³-hybridized carbons (Fsp3) is 0.167. The second-order valence-corrected chi connectivity index (χ2v) is 7.54. The van der Waals surface area contributed by atoms with Gasteiger partial charge in [0.25, 0.3) is 0 Å². The molecule has 2 N–H and O–H groups in total. The zero-order valence-electron chi connectivity index (χ0n) is 14.3. The number of thiophene rings is 1. The van der Waals surface area contributed by atoms with E-state index >= 15 is 0 Å². The van der Waals surface area contributed by atoms with E-state index in [1.54, 1.807) is 0 Å². The standard InChI is InChI=1S/C18H16ClN3O2S2/c1-9-6-10(2)20-14(7-9)22-18(25)21-11-4-5-12-13(8-11)26-16(15(12)19)17(23)24-3/h4-8H,1-3H3,(H2,20,21,22,25). The number of benzene rings is 1. The van der Waals surface area contributed by atoms with Crippen molar-refractivity contribution in [3.63, 3.8) is 0 Å². The van der Waals surface area contributed by atoms with Crippen molar-refractivity contribution < 1.29 is 9.53 Å². The summed E-state index contributed by atoms with van der Waals surface area (Å²) in [6.45, 7) is 3.94. The van der Waals surface area contributed by atoms with Gasteiger partial charge < -0.3 is 15.4 Å². The molecule has 3 aromatic rings. The average Bonchev–Trinajstić information content (AvgIpc) is 2.89. The first-order valence-corrected chi connectivity index (χ1v) is 9.31. The number of hydrogen-bond donors (Lipinski definition) is 2. The van der Waals surface area contributed by atoms with Gasteiger partial charge in [-0.2, -0.15) is 0 Å². The summed E-state index contributed by atoms with van der Waals surface area (Å²) < 4.78 is 5.63. The van der Waals surface area contributed by atoms with Gasteiger partial charge in [0, 0.05) is 21.5 Å². The molecule has 1 aromatic carbocycles. The van der Waals surface area contributed by atoms with Crippen LogP contribution in [0.3, 0.4) is 0 Å². The normalized spacial score (nSPS) is 10.6. The first-order valence-electron chi connectivity index (χ1n) is 7.71. The Morgan fingerprint density at radius 3 is 2.69 bits per heavy atom. The number of halogens is 1. The Morgan fingerprint density at radius 1 is 1.23 bits per heavy atom. The first kappa shape index (κ1) is 18.6. The number of anilines is 2. The van der Waals surface area contributed by atoms with Gasteiger partial charge in [0.05, 0.1) is 12.1 Å². The molecule has 5 nitrogen and oxygen atoms in total. The molecule has 2 aromatic heterocycles. The molecule has 8 heteroatoms. The van der Waals surface area contributed by atoms with Crippen LogP contribution in [0.1, 0.15) is 20.9 Å². The van der Waals surface area contributed by atoms with Crippen molar-refractivity contribution >= 4 is 67.8 Å². The summed E-state index contributed by atoms with van der Waals surface area (Å²) in [4.78, 5) is 16.6. The van der Waals surface area contributed by atoms with E-state index < -0.39 is 5.97 Å². The van der Waals surface area contributed by atoms with Gasteiger partial charge in [-0.05, 0) is 62.0 Å². The number of aryl methyl sites for hydroxylation is 2. The monoisotopic (exact) mass is 405 g/mol. The average molecular weight is 406 g/mol. The summed E-state index contributed by atoms with van der Waals surface area (Å²) in [7, 11) is 1.33. The largest absolute Gasteiger partial charge is 0.465 e. The number of fused-ring (bicyclic) bond motifs is 1. The van der Waals surface area contributed by atoms with Crippen molar-refractivity contribution in [2.24, 2.45) is 0 Å². The summed E-state index contributed by atoms with van der Waals surface area (Å²) >= 11 is 12.9.